The lowest BCUT2D eigenvalue weighted by atomic mass is 9.95. The van der Waals surface area contributed by atoms with E-state index in [1.54, 1.807) is 23.1 Å². The van der Waals surface area contributed by atoms with Crippen LogP contribution in [0.3, 0.4) is 0 Å². The molecule has 2 unspecified atom stereocenters. The molecule has 3 rings (SSSR count). The number of alkyl halides is 3. The zero-order valence-corrected chi connectivity index (χ0v) is 13.1. The van der Waals surface area contributed by atoms with Crippen molar-refractivity contribution in [3.05, 3.63) is 29.3 Å². The van der Waals surface area contributed by atoms with Gasteiger partial charge in [0.1, 0.15) is 5.75 Å². The van der Waals surface area contributed by atoms with Crippen molar-refractivity contribution in [2.75, 3.05) is 13.2 Å². The molecule has 4 N–H and O–H groups in total. The third-order valence-corrected chi connectivity index (χ3v) is 4.35. The van der Waals surface area contributed by atoms with E-state index in [2.05, 4.69) is 5.43 Å². The van der Waals surface area contributed by atoms with Gasteiger partial charge in [-0.1, -0.05) is 12.1 Å². The molecule has 0 saturated carbocycles. The molecular weight excluding hydrogens is 341 g/mol. The molecule has 10 heteroatoms. The molecule has 2 aliphatic heterocycles. The van der Waals surface area contributed by atoms with Gasteiger partial charge >= 0.3 is 6.18 Å². The molecule has 2 atom stereocenters. The molecule has 2 aliphatic rings. The standard InChI is InChI=1S/C15H17F3N4O3/c16-15(17,18)13-10(4-20-21-14(13)24)22-5-8-2-1-3-11(9(8)6-22)25-7-12(19)23/h1-3,10,13,20H,4-7H2,(H2,19,23)(H,21,24). The molecule has 0 radical (unpaired) electrons. The highest BCUT2D eigenvalue weighted by Gasteiger charge is 2.53. The van der Waals surface area contributed by atoms with Gasteiger partial charge in [-0.3, -0.25) is 19.9 Å². The number of hydrogen-bond acceptors (Lipinski definition) is 5. The third-order valence-electron chi connectivity index (χ3n) is 4.35. The topological polar surface area (TPSA) is 96.7 Å². The van der Waals surface area contributed by atoms with Crippen LogP contribution >= 0.6 is 0 Å². The van der Waals surface area contributed by atoms with Crippen LogP contribution in [0, 0.1) is 5.92 Å². The smallest absolute Gasteiger partial charge is 0.402 e. The Hall–Kier alpha value is -2.33. The van der Waals surface area contributed by atoms with Crippen LogP contribution < -0.4 is 21.3 Å². The summed E-state index contributed by atoms with van der Waals surface area (Å²) in [5.74, 6) is -3.43. The number of fused-ring (bicyclic) bond motifs is 1. The quantitative estimate of drug-likeness (QED) is 0.707. The van der Waals surface area contributed by atoms with Crippen molar-refractivity contribution in [3.8, 4) is 5.75 Å². The molecule has 1 aromatic rings. The Bertz CT molecular complexity index is 695. The summed E-state index contributed by atoms with van der Waals surface area (Å²) < 4.78 is 45.3. The number of ether oxygens (including phenoxy) is 1. The van der Waals surface area contributed by atoms with E-state index in [1.807, 2.05) is 5.43 Å². The van der Waals surface area contributed by atoms with Gasteiger partial charge in [-0.2, -0.15) is 13.2 Å². The summed E-state index contributed by atoms with van der Waals surface area (Å²) in [6.45, 7) is 0.113. The zero-order chi connectivity index (χ0) is 18.2. The maximum atomic E-state index is 13.3. The van der Waals surface area contributed by atoms with E-state index in [1.165, 1.54) is 0 Å². The average Bonchev–Trinajstić information content (AvgIpc) is 2.95. The molecular formula is C15H17F3N4O3. The zero-order valence-electron chi connectivity index (χ0n) is 13.1. The Kier molecular flexibility index (Phi) is 4.56. The number of nitrogens with two attached hydrogens (primary N) is 1. The van der Waals surface area contributed by atoms with Crippen LogP contribution in [0.25, 0.3) is 0 Å². The second-order valence-electron chi connectivity index (χ2n) is 6.01. The van der Waals surface area contributed by atoms with Crippen molar-refractivity contribution in [3.63, 3.8) is 0 Å². The normalized spacial score (nSPS) is 23.9. The van der Waals surface area contributed by atoms with Crippen molar-refractivity contribution in [1.82, 2.24) is 15.8 Å². The Labute approximate surface area is 141 Å². The first kappa shape index (κ1) is 17.5. The van der Waals surface area contributed by atoms with Crippen molar-refractivity contribution in [1.29, 1.82) is 0 Å². The molecule has 25 heavy (non-hydrogen) atoms. The fourth-order valence-electron chi connectivity index (χ4n) is 3.25. The lowest BCUT2D eigenvalue weighted by Gasteiger charge is -2.38. The van der Waals surface area contributed by atoms with Crippen LogP contribution in [0.4, 0.5) is 13.2 Å². The molecule has 0 aromatic heterocycles. The van der Waals surface area contributed by atoms with Crippen LogP contribution in [-0.2, 0) is 22.7 Å². The largest absolute Gasteiger partial charge is 0.483 e. The minimum absolute atomic E-state index is 0.0264. The number of amides is 2. The fraction of sp³-hybridized carbons (Fsp3) is 0.467. The van der Waals surface area contributed by atoms with Crippen LogP contribution in [0.15, 0.2) is 18.2 Å². The van der Waals surface area contributed by atoms with E-state index >= 15 is 0 Å². The Morgan fingerprint density at radius 3 is 2.80 bits per heavy atom. The van der Waals surface area contributed by atoms with Gasteiger partial charge < -0.3 is 10.5 Å². The number of primary amides is 1. The Morgan fingerprint density at radius 1 is 1.36 bits per heavy atom. The molecule has 0 spiro atoms. The minimum Gasteiger partial charge on any atom is -0.483 e. The number of benzene rings is 1. The van der Waals surface area contributed by atoms with Crippen molar-refractivity contribution in [2.45, 2.75) is 25.3 Å². The molecule has 7 nitrogen and oxygen atoms in total. The van der Waals surface area contributed by atoms with Crippen molar-refractivity contribution in [2.24, 2.45) is 11.7 Å². The summed E-state index contributed by atoms with van der Waals surface area (Å²) in [4.78, 5) is 24.2. The monoisotopic (exact) mass is 358 g/mol. The van der Waals surface area contributed by atoms with E-state index < -0.39 is 30.0 Å². The van der Waals surface area contributed by atoms with Gasteiger partial charge in [-0.25, -0.2) is 5.43 Å². The van der Waals surface area contributed by atoms with Gasteiger partial charge in [0.2, 0.25) is 5.91 Å². The SMILES string of the molecule is NC(=O)COc1cccc2c1CN(C1CNNC(=O)C1C(F)(F)F)C2. The van der Waals surface area contributed by atoms with Crippen LogP contribution in [0.5, 0.6) is 5.75 Å². The Balaban J connectivity index is 1.82. The molecule has 136 valence electrons. The molecule has 1 aromatic carbocycles. The van der Waals surface area contributed by atoms with Crippen LogP contribution in [-0.4, -0.2) is 42.1 Å². The summed E-state index contributed by atoms with van der Waals surface area (Å²) in [5, 5.41) is 0. The minimum atomic E-state index is -4.64. The van der Waals surface area contributed by atoms with Gasteiger partial charge in [0.15, 0.2) is 12.5 Å². The number of carbonyl (C=O) groups excluding carboxylic acids is 2. The molecule has 1 saturated heterocycles. The van der Waals surface area contributed by atoms with Gasteiger partial charge in [0.05, 0.1) is 0 Å². The molecule has 2 heterocycles. The predicted molar refractivity (Wildman–Crippen MR) is 79.9 cm³/mol. The van der Waals surface area contributed by atoms with E-state index in [-0.39, 0.29) is 26.2 Å². The number of hydrogen-bond donors (Lipinski definition) is 3. The molecule has 0 bridgehead atoms. The van der Waals surface area contributed by atoms with Gasteiger partial charge in [0.25, 0.3) is 5.91 Å². The molecule has 0 aliphatic carbocycles. The third kappa shape index (κ3) is 3.54. The summed E-state index contributed by atoms with van der Waals surface area (Å²) in [6.07, 6.45) is -4.64. The first-order valence-corrected chi connectivity index (χ1v) is 7.62. The Morgan fingerprint density at radius 2 is 2.12 bits per heavy atom. The van der Waals surface area contributed by atoms with Gasteiger partial charge in [-0.15, -0.1) is 0 Å². The van der Waals surface area contributed by atoms with Gasteiger partial charge in [-0.05, 0) is 11.6 Å². The number of nitrogens with zero attached hydrogens (tertiary/aromatic N) is 1. The van der Waals surface area contributed by atoms with Crippen molar-refractivity contribution < 1.29 is 27.5 Å². The maximum absolute atomic E-state index is 13.3. The van der Waals surface area contributed by atoms with Crippen LogP contribution in [0.2, 0.25) is 0 Å². The molecule has 1 fully saturated rings. The summed E-state index contributed by atoms with van der Waals surface area (Å²) >= 11 is 0. The lowest BCUT2D eigenvalue weighted by Crippen LogP contribution is -2.63. The first-order valence-electron chi connectivity index (χ1n) is 7.62. The maximum Gasteiger partial charge on any atom is 0.402 e. The van der Waals surface area contributed by atoms with E-state index in [4.69, 9.17) is 10.5 Å². The number of carbonyl (C=O) groups is 2. The second kappa shape index (κ2) is 6.52. The van der Waals surface area contributed by atoms with E-state index in [9.17, 15) is 22.8 Å². The number of rotatable bonds is 4. The summed E-state index contributed by atoms with van der Waals surface area (Å²) in [6, 6.07) is 4.08. The summed E-state index contributed by atoms with van der Waals surface area (Å²) in [7, 11) is 0. The lowest BCUT2D eigenvalue weighted by molar-refractivity contribution is -0.201. The van der Waals surface area contributed by atoms with Crippen LogP contribution in [0.1, 0.15) is 11.1 Å². The highest BCUT2D eigenvalue weighted by Crippen LogP contribution is 2.38. The van der Waals surface area contributed by atoms with E-state index in [0.29, 0.717) is 11.3 Å². The summed E-state index contributed by atoms with van der Waals surface area (Å²) in [5.41, 5.74) is 11.1. The predicted octanol–water partition coefficient (Wildman–Crippen LogP) is 0.0478. The second-order valence-corrected chi connectivity index (χ2v) is 6.01. The van der Waals surface area contributed by atoms with Gasteiger partial charge in [0, 0.05) is 31.2 Å². The number of hydrazine groups is 1. The highest BCUT2D eigenvalue weighted by molar-refractivity contribution is 5.80. The fourth-order valence-corrected chi connectivity index (χ4v) is 3.25. The van der Waals surface area contributed by atoms with Crippen molar-refractivity contribution >= 4 is 11.8 Å². The first-order chi connectivity index (χ1) is 11.8. The average molecular weight is 358 g/mol. The number of halogens is 3. The molecule has 2 amide bonds. The van der Waals surface area contributed by atoms with E-state index in [0.717, 1.165) is 5.56 Å². The number of nitrogens with one attached hydrogen (secondary N) is 2. The highest BCUT2D eigenvalue weighted by atomic mass is 19.4.